The molecule has 1 N–H and O–H groups in total. The van der Waals surface area contributed by atoms with Gasteiger partial charge in [0.1, 0.15) is 6.10 Å². The van der Waals surface area contributed by atoms with E-state index in [1.165, 1.54) is 0 Å². The van der Waals surface area contributed by atoms with Gasteiger partial charge in [0.2, 0.25) is 0 Å². The van der Waals surface area contributed by atoms with Crippen LogP contribution in [0, 0.1) is 6.92 Å². The van der Waals surface area contributed by atoms with Crippen molar-refractivity contribution in [2.24, 2.45) is 0 Å². The first-order valence-electron chi connectivity index (χ1n) is 6.90. The molecule has 0 saturated heterocycles. The molecule has 21 heavy (non-hydrogen) atoms. The zero-order valence-corrected chi connectivity index (χ0v) is 13.3. The minimum absolute atomic E-state index is 0.000295. The Morgan fingerprint density at radius 2 is 1.81 bits per heavy atom. The highest BCUT2D eigenvalue weighted by atomic mass is 35.5. The monoisotopic (exact) mass is 305 g/mol. The van der Waals surface area contributed by atoms with Gasteiger partial charge in [-0.15, -0.1) is 0 Å². The molecule has 0 aromatic heterocycles. The van der Waals surface area contributed by atoms with Crippen molar-refractivity contribution in [2.75, 3.05) is 19.0 Å². The molecule has 0 saturated carbocycles. The van der Waals surface area contributed by atoms with E-state index < -0.39 is 0 Å². The Morgan fingerprint density at radius 1 is 1.10 bits per heavy atom. The van der Waals surface area contributed by atoms with Gasteiger partial charge in [-0.2, -0.15) is 0 Å². The van der Waals surface area contributed by atoms with E-state index in [0.29, 0.717) is 6.54 Å². The van der Waals surface area contributed by atoms with Crippen molar-refractivity contribution in [3.63, 3.8) is 0 Å². The van der Waals surface area contributed by atoms with Crippen LogP contribution in [-0.4, -0.2) is 19.8 Å². The Kier molecular flexibility index (Phi) is 5.34. The molecule has 0 aliphatic carbocycles. The lowest BCUT2D eigenvalue weighted by Crippen LogP contribution is -2.23. The molecule has 0 spiro atoms. The van der Waals surface area contributed by atoms with Gasteiger partial charge in [0.05, 0.1) is 13.7 Å². The van der Waals surface area contributed by atoms with Crippen molar-refractivity contribution >= 4 is 17.3 Å². The summed E-state index contributed by atoms with van der Waals surface area (Å²) in [5.41, 5.74) is 2.07. The van der Waals surface area contributed by atoms with Gasteiger partial charge in [0.15, 0.2) is 11.5 Å². The number of anilines is 1. The highest BCUT2D eigenvalue weighted by Gasteiger charge is 2.09. The van der Waals surface area contributed by atoms with Crippen LogP contribution in [0.1, 0.15) is 12.5 Å². The van der Waals surface area contributed by atoms with Crippen LogP contribution in [0.4, 0.5) is 5.69 Å². The Bertz CT molecular complexity index is 601. The maximum Gasteiger partial charge on any atom is 0.161 e. The number of ether oxygens (including phenoxy) is 2. The second-order valence-electron chi connectivity index (χ2n) is 4.87. The summed E-state index contributed by atoms with van der Waals surface area (Å²) in [6.07, 6.45) is -0.000295. The fraction of sp³-hybridized carbons (Fsp3) is 0.294. The van der Waals surface area contributed by atoms with Crippen molar-refractivity contribution < 1.29 is 9.47 Å². The molecule has 2 aromatic carbocycles. The fourth-order valence-corrected chi connectivity index (χ4v) is 2.20. The molecule has 1 atom stereocenters. The molecule has 0 aliphatic heterocycles. The van der Waals surface area contributed by atoms with Gasteiger partial charge in [-0.25, -0.2) is 0 Å². The SMILES string of the molecule is COc1ccccc1OC(C)CNc1cccc(Cl)c1C. The zero-order valence-electron chi connectivity index (χ0n) is 12.5. The van der Waals surface area contributed by atoms with Crippen LogP contribution in [0.3, 0.4) is 0 Å². The van der Waals surface area contributed by atoms with E-state index in [4.69, 9.17) is 21.1 Å². The van der Waals surface area contributed by atoms with Crippen LogP contribution >= 0.6 is 11.6 Å². The summed E-state index contributed by atoms with van der Waals surface area (Å²) in [7, 11) is 1.64. The summed E-state index contributed by atoms with van der Waals surface area (Å²) in [4.78, 5) is 0. The number of hydrogen-bond acceptors (Lipinski definition) is 3. The zero-order chi connectivity index (χ0) is 15.2. The van der Waals surface area contributed by atoms with Crippen molar-refractivity contribution in [3.8, 4) is 11.5 Å². The van der Waals surface area contributed by atoms with Crippen molar-refractivity contribution in [1.82, 2.24) is 0 Å². The van der Waals surface area contributed by atoms with E-state index in [1.807, 2.05) is 56.3 Å². The van der Waals surface area contributed by atoms with Gasteiger partial charge < -0.3 is 14.8 Å². The Hall–Kier alpha value is -1.87. The second-order valence-corrected chi connectivity index (χ2v) is 5.28. The lowest BCUT2D eigenvalue weighted by molar-refractivity contribution is 0.223. The van der Waals surface area contributed by atoms with Crippen LogP contribution in [-0.2, 0) is 0 Å². The van der Waals surface area contributed by atoms with E-state index in [-0.39, 0.29) is 6.10 Å². The number of rotatable bonds is 6. The number of nitrogens with one attached hydrogen (secondary N) is 1. The van der Waals surface area contributed by atoms with Crippen LogP contribution in [0.15, 0.2) is 42.5 Å². The molecule has 0 bridgehead atoms. The molecule has 112 valence electrons. The van der Waals surface area contributed by atoms with Gasteiger partial charge in [-0.05, 0) is 43.7 Å². The third kappa shape index (κ3) is 4.05. The minimum atomic E-state index is -0.000295. The van der Waals surface area contributed by atoms with Gasteiger partial charge >= 0.3 is 0 Å². The van der Waals surface area contributed by atoms with Gasteiger partial charge in [-0.3, -0.25) is 0 Å². The first kappa shape index (κ1) is 15.5. The molecule has 1 unspecified atom stereocenters. The summed E-state index contributed by atoms with van der Waals surface area (Å²) >= 11 is 6.11. The third-order valence-corrected chi connectivity index (χ3v) is 3.65. The Labute approximate surface area is 130 Å². The van der Waals surface area contributed by atoms with Crippen molar-refractivity contribution in [2.45, 2.75) is 20.0 Å². The number of methoxy groups -OCH3 is 1. The third-order valence-electron chi connectivity index (χ3n) is 3.24. The molecular weight excluding hydrogens is 286 g/mol. The van der Waals surface area contributed by atoms with Gasteiger partial charge in [0, 0.05) is 10.7 Å². The summed E-state index contributed by atoms with van der Waals surface area (Å²) < 4.78 is 11.2. The Balaban J connectivity index is 1.96. The average molecular weight is 306 g/mol. The molecule has 2 aromatic rings. The largest absolute Gasteiger partial charge is 0.493 e. The van der Waals surface area contributed by atoms with E-state index >= 15 is 0 Å². The van der Waals surface area contributed by atoms with Crippen molar-refractivity contribution in [1.29, 1.82) is 0 Å². The number of hydrogen-bond donors (Lipinski definition) is 1. The summed E-state index contributed by atoms with van der Waals surface area (Å²) in [6.45, 7) is 4.69. The normalized spacial score (nSPS) is 11.8. The number of para-hydroxylation sites is 2. The molecule has 3 nitrogen and oxygen atoms in total. The molecule has 0 amide bonds. The highest BCUT2D eigenvalue weighted by molar-refractivity contribution is 6.31. The highest BCUT2D eigenvalue weighted by Crippen LogP contribution is 2.27. The van der Waals surface area contributed by atoms with E-state index in [0.717, 1.165) is 27.8 Å². The smallest absolute Gasteiger partial charge is 0.161 e. The predicted octanol–water partition coefficient (Wildman–Crippen LogP) is 4.54. The Morgan fingerprint density at radius 3 is 2.52 bits per heavy atom. The average Bonchev–Trinajstić information content (AvgIpc) is 2.49. The topological polar surface area (TPSA) is 30.5 Å². The van der Waals surface area contributed by atoms with Crippen LogP contribution in [0.5, 0.6) is 11.5 Å². The van der Waals surface area contributed by atoms with Crippen LogP contribution < -0.4 is 14.8 Å². The van der Waals surface area contributed by atoms with Crippen molar-refractivity contribution in [3.05, 3.63) is 53.1 Å². The van der Waals surface area contributed by atoms with Gasteiger partial charge in [0.25, 0.3) is 0 Å². The number of halogens is 1. The van der Waals surface area contributed by atoms with Crippen LogP contribution in [0.25, 0.3) is 0 Å². The second kappa shape index (κ2) is 7.23. The molecule has 0 heterocycles. The standard InChI is InChI=1S/C17H20ClNO2/c1-12(21-17-10-5-4-9-16(17)20-3)11-19-15-8-6-7-14(18)13(15)2/h4-10,12,19H,11H2,1-3H3. The molecule has 4 heteroatoms. The first-order valence-corrected chi connectivity index (χ1v) is 7.28. The predicted molar refractivity (Wildman–Crippen MR) is 87.8 cm³/mol. The number of benzene rings is 2. The molecule has 0 aliphatic rings. The first-order chi connectivity index (χ1) is 10.1. The molecule has 0 fully saturated rings. The maximum absolute atomic E-state index is 6.11. The summed E-state index contributed by atoms with van der Waals surface area (Å²) in [5.74, 6) is 1.49. The molecule has 2 rings (SSSR count). The fourth-order valence-electron chi connectivity index (χ4n) is 2.03. The molecule has 0 radical (unpaired) electrons. The lowest BCUT2D eigenvalue weighted by atomic mass is 10.2. The quantitative estimate of drug-likeness (QED) is 0.850. The lowest BCUT2D eigenvalue weighted by Gasteiger charge is -2.18. The van der Waals surface area contributed by atoms with E-state index in [1.54, 1.807) is 7.11 Å². The summed E-state index contributed by atoms with van der Waals surface area (Å²) in [6, 6.07) is 13.5. The molecular formula is C17H20ClNO2. The summed E-state index contributed by atoms with van der Waals surface area (Å²) in [5, 5.41) is 4.12. The minimum Gasteiger partial charge on any atom is -0.493 e. The van der Waals surface area contributed by atoms with E-state index in [2.05, 4.69) is 5.32 Å². The van der Waals surface area contributed by atoms with E-state index in [9.17, 15) is 0 Å². The maximum atomic E-state index is 6.11. The van der Waals surface area contributed by atoms with Gasteiger partial charge in [-0.1, -0.05) is 29.8 Å². The van der Waals surface area contributed by atoms with Crippen LogP contribution in [0.2, 0.25) is 5.02 Å².